The molecule has 1 aliphatic rings. The Bertz CT molecular complexity index is 594. The van der Waals surface area contributed by atoms with Crippen molar-refractivity contribution in [3.8, 4) is 0 Å². The zero-order valence-electron chi connectivity index (χ0n) is 12.8. The molecule has 0 aromatic carbocycles. The van der Waals surface area contributed by atoms with Crippen LogP contribution in [-0.4, -0.2) is 26.3 Å². The minimum atomic E-state index is -0.994. The van der Waals surface area contributed by atoms with Crippen LogP contribution in [0, 0.1) is 6.92 Å². The summed E-state index contributed by atoms with van der Waals surface area (Å²) in [5.74, 6) is -0.994. The van der Waals surface area contributed by atoms with Crippen LogP contribution in [0.5, 0.6) is 0 Å². The highest BCUT2D eigenvalue weighted by Crippen LogP contribution is 2.21. The number of H-pyrrole nitrogens is 1. The molecular formula is C16H22N4O2. The number of pyridine rings is 1. The standard InChI is InChI=1S/C10H10N4O2.C6H12/c1-6-8(5-12-14-6)13-9-4-11-3-2-7(9)10(15)16;1-2-4-6-5-3-1/h2-5,13H,1H3,(H,12,14)(H,15,16);1-6H2. The summed E-state index contributed by atoms with van der Waals surface area (Å²) in [5.41, 5.74) is 2.19. The summed E-state index contributed by atoms with van der Waals surface area (Å²) in [6.45, 7) is 1.84. The number of rotatable bonds is 3. The van der Waals surface area contributed by atoms with Crippen molar-refractivity contribution in [1.82, 2.24) is 15.2 Å². The molecule has 1 saturated carbocycles. The highest BCUT2D eigenvalue weighted by molar-refractivity contribution is 5.94. The fourth-order valence-electron chi connectivity index (χ4n) is 2.36. The zero-order chi connectivity index (χ0) is 15.8. The first-order chi connectivity index (χ1) is 10.7. The molecule has 2 aromatic rings. The second-order valence-electron chi connectivity index (χ2n) is 5.38. The van der Waals surface area contributed by atoms with E-state index in [2.05, 4.69) is 20.5 Å². The maximum absolute atomic E-state index is 10.9. The van der Waals surface area contributed by atoms with Crippen LogP contribution >= 0.6 is 0 Å². The Morgan fingerprint density at radius 1 is 1.14 bits per heavy atom. The third-order valence-electron chi connectivity index (χ3n) is 3.65. The molecule has 0 atom stereocenters. The summed E-state index contributed by atoms with van der Waals surface area (Å²) in [6.07, 6.45) is 13.5. The van der Waals surface area contributed by atoms with E-state index in [1.54, 1.807) is 6.20 Å². The largest absolute Gasteiger partial charge is 0.478 e. The number of aromatic amines is 1. The summed E-state index contributed by atoms with van der Waals surface area (Å²) < 4.78 is 0. The first kappa shape index (κ1) is 16.0. The Morgan fingerprint density at radius 3 is 2.27 bits per heavy atom. The van der Waals surface area contributed by atoms with E-state index in [9.17, 15) is 4.79 Å². The van der Waals surface area contributed by atoms with Gasteiger partial charge in [-0.15, -0.1) is 0 Å². The molecule has 0 aliphatic heterocycles. The molecule has 0 unspecified atom stereocenters. The Kier molecular flexibility index (Phi) is 5.94. The van der Waals surface area contributed by atoms with Gasteiger partial charge in [0.15, 0.2) is 0 Å². The van der Waals surface area contributed by atoms with Gasteiger partial charge in [-0.2, -0.15) is 5.10 Å². The Hall–Kier alpha value is -2.37. The third-order valence-corrected chi connectivity index (χ3v) is 3.65. The summed E-state index contributed by atoms with van der Waals surface area (Å²) in [5, 5.41) is 18.5. The lowest BCUT2D eigenvalue weighted by Gasteiger charge is -2.07. The van der Waals surface area contributed by atoms with Gasteiger partial charge in [0.05, 0.1) is 35.0 Å². The lowest BCUT2D eigenvalue weighted by atomic mass is 10.0. The number of nitrogens with zero attached hydrogens (tertiary/aromatic N) is 2. The van der Waals surface area contributed by atoms with Crippen LogP contribution in [0.3, 0.4) is 0 Å². The number of aromatic carboxylic acids is 1. The van der Waals surface area contributed by atoms with Crippen molar-refractivity contribution in [3.63, 3.8) is 0 Å². The molecule has 2 heterocycles. The molecule has 3 N–H and O–H groups in total. The first-order valence-corrected chi connectivity index (χ1v) is 7.63. The second-order valence-corrected chi connectivity index (χ2v) is 5.38. The summed E-state index contributed by atoms with van der Waals surface area (Å²) in [4.78, 5) is 14.8. The van der Waals surface area contributed by atoms with Crippen LogP contribution in [0.15, 0.2) is 24.7 Å². The van der Waals surface area contributed by atoms with Gasteiger partial charge in [0.25, 0.3) is 0 Å². The van der Waals surface area contributed by atoms with Gasteiger partial charge in [-0.3, -0.25) is 10.1 Å². The number of carbonyl (C=O) groups is 1. The van der Waals surface area contributed by atoms with Crippen LogP contribution in [0.25, 0.3) is 0 Å². The number of carboxylic acid groups (broad SMARTS) is 1. The minimum absolute atomic E-state index is 0.176. The quantitative estimate of drug-likeness (QED) is 0.800. The maximum atomic E-state index is 10.9. The van der Waals surface area contributed by atoms with Crippen LogP contribution < -0.4 is 5.32 Å². The number of carboxylic acids is 1. The van der Waals surface area contributed by atoms with E-state index in [0.717, 1.165) is 11.4 Å². The molecule has 1 aliphatic carbocycles. The topological polar surface area (TPSA) is 90.9 Å². The molecule has 118 valence electrons. The molecule has 6 heteroatoms. The molecule has 3 rings (SSSR count). The molecule has 0 radical (unpaired) electrons. The fraction of sp³-hybridized carbons (Fsp3) is 0.438. The predicted octanol–water partition coefficient (Wildman–Crippen LogP) is 3.90. The van der Waals surface area contributed by atoms with Crippen LogP contribution in [0.2, 0.25) is 0 Å². The predicted molar refractivity (Wildman–Crippen MR) is 85.5 cm³/mol. The van der Waals surface area contributed by atoms with E-state index in [0.29, 0.717) is 5.69 Å². The van der Waals surface area contributed by atoms with Crippen molar-refractivity contribution in [2.24, 2.45) is 0 Å². The van der Waals surface area contributed by atoms with Gasteiger partial charge in [-0.25, -0.2) is 4.79 Å². The number of aryl methyl sites for hydroxylation is 1. The van der Waals surface area contributed by atoms with Gasteiger partial charge in [-0.1, -0.05) is 38.5 Å². The van der Waals surface area contributed by atoms with Crippen molar-refractivity contribution in [3.05, 3.63) is 35.9 Å². The summed E-state index contributed by atoms with van der Waals surface area (Å²) >= 11 is 0. The smallest absolute Gasteiger partial charge is 0.337 e. The van der Waals surface area contributed by atoms with Gasteiger partial charge in [0.1, 0.15) is 0 Å². The Balaban J connectivity index is 0.000000246. The average molecular weight is 302 g/mol. The SMILES string of the molecule is C1CCCCC1.Cc1[nH]ncc1Nc1cnccc1C(=O)O. The highest BCUT2D eigenvalue weighted by Gasteiger charge is 2.10. The molecule has 0 saturated heterocycles. The van der Waals surface area contributed by atoms with Gasteiger partial charge >= 0.3 is 5.97 Å². The van der Waals surface area contributed by atoms with Crippen molar-refractivity contribution in [2.75, 3.05) is 5.32 Å². The molecule has 22 heavy (non-hydrogen) atoms. The maximum Gasteiger partial charge on any atom is 0.337 e. The lowest BCUT2D eigenvalue weighted by molar-refractivity contribution is 0.0698. The van der Waals surface area contributed by atoms with Crippen LogP contribution in [0.4, 0.5) is 11.4 Å². The van der Waals surface area contributed by atoms with E-state index in [-0.39, 0.29) is 5.56 Å². The van der Waals surface area contributed by atoms with Crippen molar-refractivity contribution < 1.29 is 9.90 Å². The van der Waals surface area contributed by atoms with E-state index in [1.165, 1.54) is 57.0 Å². The number of hydrogen-bond donors (Lipinski definition) is 3. The molecule has 0 bridgehead atoms. The van der Waals surface area contributed by atoms with Gasteiger partial charge < -0.3 is 10.4 Å². The van der Waals surface area contributed by atoms with Crippen molar-refractivity contribution >= 4 is 17.3 Å². The molecular weight excluding hydrogens is 280 g/mol. The monoisotopic (exact) mass is 302 g/mol. The number of hydrogen-bond acceptors (Lipinski definition) is 4. The molecule has 6 nitrogen and oxygen atoms in total. The zero-order valence-corrected chi connectivity index (χ0v) is 12.8. The molecule has 2 aromatic heterocycles. The van der Waals surface area contributed by atoms with Crippen molar-refractivity contribution in [1.29, 1.82) is 0 Å². The number of nitrogens with one attached hydrogen (secondary N) is 2. The van der Waals surface area contributed by atoms with E-state index in [4.69, 9.17) is 5.11 Å². The van der Waals surface area contributed by atoms with E-state index >= 15 is 0 Å². The Labute approximate surface area is 130 Å². The van der Waals surface area contributed by atoms with Gasteiger partial charge in [0.2, 0.25) is 0 Å². The molecule has 1 fully saturated rings. The number of aromatic nitrogens is 3. The van der Waals surface area contributed by atoms with Crippen molar-refractivity contribution in [2.45, 2.75) is 45.4 Å². The van der Waals surface area contributed by atoms with Gasteiger partial charge in [0, 0.05) is 6.20 Å². The first-order valence-electron chi connectivity index (χ1n) is 7.63. The number of anilines is 2. The average Bonchev–Trinajstić information content (AvgIpc) is 2.95. The van der Waals surface area contributed by atoms with Crippen LogP contribution in [-0.2, 0) is 0 Å². The molecule has 0 spiro atoms. The highest BCUT2D eigenvalue weighted by atomic mass is 16.4. The second kappa shape index (κ2) is 8.17. The summed E-state index contributed by atoms with van der Waals surface area (Å²) in [6, 6.07) is 1.44. The lowest BCUT2D eigenvalue weighted by Crippen LogP contribution is -2.03. The van der Waals surface area contributed by atoms with E-state index < -0.39 is 5.97 Å². The van der Waals surface area contributed by atoms with Crippen LogP contribution in [0.1, 0.15) is 54.6 Å². The molecule has 0 amide bonds. The normalized spacial score (nSPS) is 13.9. The van der Waals surface area contributed by atoms with Gasteiger partial charge in [-0.05, 0) is 13.0 Å². The fourth-order valence-corrected chi connectivity index (χ4v) is 2.36. The van der Waals surface area contributed by atoms with E-state index in [1.807, 2.05) is 6.92 Å². The minimum Gasteiger partial charge on any atom is -0.478 e. The third kappa shape index (κ3) is 4.58. The summed E-state index contributed by atoms with van der Waals surface area (Å²) in [7, 11) is 0. The Morgan fingerprint density at radius 2 is 1.77 bits per heavy atom.